The van der Waals surface area contributed by atoms with Gasteiger partial charge in [0.1, 0.15) is 0 Å². The summed E-state index contributed by atoms with van der Waals surface area (Å²) in [5, 5.41) is 9.90. The van der Waals surface area contributed by atoms with Crippen LogP contribution in [0.15, 0.2) is 53.0 Å². The Hall–Kier alpha value is -1.08. The number of alkyl halides is 1. The fourth-order valence-electron chi connectivity index (χ4n) is 2.15. The molecule has 23 heavy (non-hydrogen) atoms. The summed E-state index contributed by atoms with van der Waals surface area (Å²) in [6, 6.07) is 14.4. The summed E-state index contributed by atoms with van der Waals surface area (Å²) in [5.74, 6) is 0.0403. The molecule has 0 saturated heterocycles. The van der Waals surface area contributed by atoms with Crippen molar-refractivity contribution in [1.29, 1.82) is 0 Å². The second kappa shape index (κ2) is 7.66. The van der Waals surface area contributed by atoms with Crippen molar-refractivity contribution < 1.29 is 13.5 Å². The average molecular weight is 419 g/mol. The molecule has 0 radical (unpaired) electrons. The maximum absolute atomic E-state index is 12.3. The number of hydrogen-bond acceptors (Lipinski definition) is 3. The van der Waals surface area contributed by atoms with Crippen molar-refractivity contribution in [1.82, 2.24) is 0 Å². The summed E-state index contributed by atoms with van der Waals surface area (Å²) < 4.78 is 26.4. The number of sulfonamides is 1. The van der Waals surface area contributed by atoms with E-state index in [9.17, 15) is 13.5 Å². The van der Waals surface area contributed by atoms with Gasteiger partial charge in [-0.05, 0) is 39.2 Å². The van der Waals surface area contributed by atoms with Gasteiger partial charge < -0.3 is 5.11 Å². The molecule has 1 atom stereocenters. The van der Waals surface area contributed by atoms with Gasteiger partial charge in [-0.15, -0.1) is 11.6 Å². The zero-order valence-electron chi connectivity index (χ0n) is 12.5. The molecule has 0 aliphatic rings. The first-order chi connectivity index (χ1) is 10.8. The van der Waals surface area contributed by atoms with E-state index in [1.807, 2.05) is 30.3 Å². The SMILES string of the molecule is CS(=O)(=O)N(Cc1ccccc1)c1cc([C@@H](O)CCl)ccc1Br. The third-order valence-corrected chi connectivity index (χ3v) is 5.43. The summed E-state index contributed by atoms with van der Waals surface area (Å²) in [6.07, 6.45) is 0.314. The van der Waals surface area contributed by atoms with Crippen LogP contribution >= 0.6 is 27.5 Å². The number of anilines is 1. The predicted molar refractivity (Wildman–Crippen MR) is 97.3 cm³/mol. The van der Waals surface area contributed by atoms with Crippen LogP contribution in [0.4, 0.5) is 5.69 Å². The molecular formula is C16H17BrClNO3S. The van der Waals surface area contributed by atoms with Crippen LogP contribution in [0.25, 0.3) is 0 Å². The molecular weight excluding hydrogens is 402 g/mol. The second-order valence-electron chi connectivity index (χ2n) is 5.14. The molecule has 124 valence electrons. The van der Waals surface area contributed by atoms with Crippen molar-refractivity contribution in [3.8, 4) is 0 Å². The van der Waals surface area contributed by atoms with Crippen molar-refractivity contribution in [3.05, 3.63) is 64.1 Å². The molecule has 0 amide bonds. The first kappa shape index (κ1) is 18.3. The lowest BCUT2D eigenvalue weighted by Gasteiger charge is -2.25. The van der Waals surface area contributed by atoms with Crippen molar-refractivity contribution in [3.63, 3.8) is 0 Å². The molecule has 0 saturated carbocycles. The fourth-order valence-corrected chi connectivity index (χ4v) is 3.80. The Morgan fingerprint density at radius 2 is 1.87 bits per heavy atom. The number of benzene rings is 2. The molecule has 0 aliphatic heterocycles. The Kier molecular flexibility index (Phi) is 6.08. The average Bonchev–Trinajstić information content (AvgIpc) is 2.52. The van der Waals surface area contributed by atoms with Crippen molar-refractivity contribution in [2.75, 3.05) is 16.4 Å². The van der Waals surface area contributed by atoms with Crippen LogP contribution in [0.2, 0.25) is 0 Å². The van der Waals surface area contributed by atoms with E-state index >= 15 is 0 Å². The molecule has 0 aromatic heterocycles. The molecule has 0 bridgehead atoms. The first-order valence-corrected chi connectivity index (χ1v) is 10.1. The van der Waals surface area contributed by atoms with E-state index in [-0.39, 0.29) is 12.4 Å². The summed E-state index contributed by atoms with van der Waals surface area (Å²) in [5.41, 5.74) is 1.91. The molecule has 0 unspecified atom stereocenters. The van der Waals surface area contributed by atoms with Crippen molar-refractivity contribution in [2.24, 2.45) is 0 Å². The summed E-state index contributed by atoms with van der Waals surface area (Å²) >= 11 is 9.07. The van der Waals surface area contributed by atoms with Gasteiger partial charge in [-0.3, -0.25) is 4.31 Å². The minimum atomic E-state index is -3.50. The molecule has 2 aromatic rings. The minimum absolute atomic E-state index is 0.0403. The lowest BCUT2D eigenvalue weighted by atomic mass is 10.1. The van der Waals surface area contributed by atoms with E-state index in [4.69, 9.17) is 11.6 Å². The largest absolute Gasteiger partial charge is 0.387 e. The topological polar surface area (TPSA) is 57.6 Å². The van der Waals surface area contributed by atoms with Gasteiger partial charge in [0.2, 0.25) is 10.0 Å². The molecule has 2 aromatic carbocycles. The Labute approximate surface area is 149 Å². The number of aliphatic hydroxyl groups excluding tert-OH is 1. The van der Waals surface area contributed by atoms with E-state index in [0.29, 0.717) is 15.7 Å². The monoisotopic (exact) mass is 417 g/mol. The summed E-state index contributed by atoms with van der Waals surface area (Å²) in [6.45, 7) is 0.207. The molecule has 0 fully saturated rings. The second-order valence-corrected chi connectivity index (χ2v) is 8.21. The van der Waals surface area contributed by atoms with Gasteiger partial charge in [-0.2, -0.15) is 0 Å². The molecule has 0 aliphatic carbocycles. The number of nitrogens with zero attached hydrogens (tertiary/aromatic N) is 1. The molecule has 0 spiro atoms. The molecule has 7 heteroatoms. The summed E-state index contributed by atoms with van der Waals surface area (Å²) in [4.78, 5) is 0. The Bertz CT molecular complexity index is 768. The van der Waals surface area contributed by atoms with Crippen molar-refractivity contribution >= 4 is 43.2 Å². The van der Waals surface area contributed by atoms with Gasteiger partial charge in [0, 0.05) is 4.47 Å². The maximum atomic E-state index is 12.3. The minimum Gasteiger partial charge on any atom is -0.387 e. The predicted octanol–water partition coefficient (Wildman–Crippen LogP) is 3.69. The van der Waals surface area contributed by atoms with E-state index in [0.717, 1.165) is 11.8 Å². The van der Waals surface area contributed by atoms with Crippen LogP contribution in [0.3, 0.4) is 0 Å². The van der Waals surface area contributed by atoms with Crippen LogP contribution in [0.5, 0.6) is 0 Å². The van der Waals surface area contributed by atoms with Crippen LogP contribution in [-0.2, 0) is 16.6 Å². The number of rotatable bonds is 6. The third-order valence-electron chi connectivity index (χ3n) is 3.34. The van der Waals surface area contributed by atoms with E-state index in [1.165, 1.54) is 4.31 Å². The molecule has 2 rings (SSSR count). The highest BCUT2D eigenvalue weighted by molar-refractivity contribution is 9.10. The normalized spacial score (nSPS) is 12.9. The quantitative estimate of drug-likeness (QED) is 0.728. The highest BCUT2D eigenvalue weighted by atomic mass is 79.9. The zero-order valence-corrected chi connectivity index (χ0v) is 15.6. The Morgan fingerprint density at radius 1 is 1.22 bits per heavy atom. The van der Waals surface area contributed by atoms with Gasteiger partial charge in [0.25, 0.3) is 0 Å². The van der Waals surface area contributed by atoms with E-state index in [1.54, 1.807) is 18.2 Å². The lowest BCUT2D eigenvalue weighted by molar-refractivity contribution is 0.202. The maximum Gasteiger partial charge on any atom is 0.232 e. The summed E-state index contributed by atoms with van der Waals surface area (Å²) in [7, 11) is -3.50. The molecule has 1 N–H and O–H groups in total. The fraction of sp³-hybridized carbons (Fsp3) is 0.250. The van der Waals surface area contributed by atoms with Crippen molar-refractivity contribution in [2.45, 2.75) is 12.6 Å². The smallest absolute Gasteiger partial charge is 0.232 e. The number of hydrogen-bond donors (Lipinski definition) is 1. The van der Waals surface area contributed by atoms with E-state index < -0.39 is 16.1 Å². The first-order valence-electron chi connectivity index (χ1n) is 6.88. The van der Waals surface area contributed by atoms with Crippen LogP contribution in [0.1, 0.15) is 17.2 Å². The standard InChI is InChI=1S/C16H17BrClNO3S/c1-23(21,22)19(11-12-5-3-2-4-6-12)15-9-13(16(20)10-18)7-8-14(15)17/h2-9,16,20H,10-11H2,1H3/t16-/m0/s1. The Morgan fingerprint density at radius 3 is 2.43 bits per heavy atom. The molecule has 0 heterocycles. The van der Waals surface area contributed by atoms with Gasteiger partial charge >= 0.3 is 0 Å². The molecule has 4 nitrogen and oxygen atoms in total. The Balaban J connectivity index is 2.48. The van der Waals surface area contributed by atoms with Gasteiger partial charge in [-0.25, -0.2) is 8.42 Å². The third kappa shape index (κ3) is 4.70. The van der Waals surface area contributed by atoms with Gasteiger partial charge in [0.15, 0.2) is 0 Å². The van der Waals surface area contributed by atoms with Crippen LogP contribution in [-0.4, -0.2) is 25.7 Å². The lowest BCUT2D eigenvalue weighted by Crippen LogP contribution is -2.29. The van der Waals surface area contributed by atoms with E-state index in [2.05, 4.69) is 15.9 Å². The van der Waals surface area contributed by atoms with Gasteiger partial charge in [0.05, 0.1) is 30.5 Å². The highest BCUT2D eigenvalue weighted by Crippen LogP contribution is 2.32. The van der Waals surface area contributed by atoms with Crippen LogP contribution < -0.4 is 4.31 Å². The van der Waals surface area contributed by atoms with Crippen LogP contribution in [0, 0.1) is 0 Å². The number of aliphatic hydroxyl groups is 1. The zero-order chi connectivity index (χ0) is 17.0. The number of halogens is 2. The van der Waals surface area contributed by atoms with Gasteiger partial charge in [-0.1, -0.05) is 36.4 Å². The highest BCUT2D eigenvalue weighted by Gasteiger charge is 2.21.